The number of aromatic nitrogens is 1. The van der Waals surface area contributed by atoms with E-state index in [4.69, 9.17) is 0 Å². The van der Waals surface area contributed by atoms with E-state index < -0.39 is 0 Å². The molecular formula is C26H18BrN3OS. The number of hydrogen-bond acceptors (Lipinski definition) is 4. The third kappa shape index (κ3) is 4.07. The number of allylic oxidation sites excluding steroid dienone is 1. The van der Waals surface area contributed by atoms with Crippen LogP contribution in [-0.4, -0.2) is 10.3 Å². The summed E-state index contributed by atoms with van der Waals surface area (Å²) in [6.07, 6.45) is 3.84. The maximum absolute atomic E-state index is 13.5. The number of halogens is 1. The standard InChI is InChI=1S/C26H18BrN3OS/c27-21(16-18-10-4-1-5-11-18)17-22-25(31)30-24(20-14-8-3-9-15-20)23(28-29-26(30)32-22)19-12-6-2-7-13-19/h1-17,24H/b21-16-,22-17+/t24-/m0/s1. The van der Waals surface area contributed by atoms with Crippen LogP contribution in [-0.2, 0) is 0 Å². The van der Waals surface area contributed by atoms with Gasteiger partial charge >= 0.3 is 0 Å². The fraction of sp³-hybridized carbons (Fsp3) is 0.0385. The normalized spacial score (nSPS) is 16.3. The topological polar surface area (TPSA) is 46.7 Å². The van der Waals surface area contributed by atoms with Gasteiger partial charge < -0.3 is 0 Å². The molecule has 0 spiro atoms. The van der Waals surface area contributed by atoms with E-state index in [0.29, 0.717) is 9.33 Å². The summed E-state index contributed by atoms with van der Waals surface area (Å²) >= 11 is 4.94. The molecule has 32 heavy (non-hydrogen) atoms. The Balaban J connectivity index is 1.66. The highest BCUT2D eigenvalue weighted by Crippen LogP contribution is 2.24. The minimum Gasteiger partial charge on any atom is -0.268 e. The third-order valence-electron chi connectivity index (χ3n) is 5.16. The van der Waals surface area contributed by atoms with Crippen LogP contribution in [0.1, 0.15) is 22.7 Å². The minimum atomic E-state index is -0.339. The van der Waals surface area contributed by atoms with E-state index in [1.54, 1.807) is 4.57 Å². The third-order valence-corrected chi connectivity index (χ3v) is 6.59. The van der Waals surface area contributed by atoms with Gasteiger partial charge in [-0.25, -0.2) is 0 Å². The van der Waals surface area contributed by atoms with E-state index in [9.17, 15) is 4.79 Å². The van der Waals surface area contributed by atoms with Gasteiger partial charge in [-0.05, 0) is 23.3 Å². The first kappa shape index (κ1) is 20.5. The highest BCUT2D eigenvalue weighted by atomic mass is 79.9. The fourth-order valence-electron chi connectivity index (χ4n) is 3.70. The second-order valence-corrected chi connectivity index (χ2v) is 9.20. The van der Waals surface area contributed by atoms with Crippen molar-refractivity contribution < 1.29 is 0 Å². The summed E-state index contributed by atoms with van der Waals surface area (Å²) in [4.78, 5) is 14.1. The lowest BCUT2D eigenvalue weighted by Gasteiger charge is -2.22. The molecule has 1 aliphatic heterocycles. The molecule has 156 valence electrons. The highest BCUT2D eigenvalue weighted by Gasteiger charge is 2.28. The molecule has 0 radical (unpaired) electrons. The Kier molecular flexibility index (Phi) is 5.79. The number of hydrogen-bond donors (Lipinski definition) is 0. The molecule has 0 N–H and O–H groups in total. The van der Waals surface area contributed by atoms with Gasteiger partial charge in [-0.15, -0.1) is 10.2 Å². The lowest BCUT2D eigenvalue weighted by molar-refractivity contribution is 0.657. The molecule has 1 atom stereocenters. The van der Waals surface area contributed by atoms with E-state index in [2.05, 4.69) is 26.1 Å². The maximum Gasteiger partial charge on any atom is 0.271 e. The zero-order chi connectivity index (χ0) is 21.9. The second-order valence-electron chi connectivity index (χ2n) is 7.27. The average molecular weight is 500 g/mol. The smallest absolute Gasteiger partial charge is 0.268 e. The summed E-state index contributed by atoms with van der Waals surface area (Å²) in [5.41, 5.74) is 3.68. The molecule has 0 bridgehead atoms. The molecule has 1 aliphatic rings. The lowest BCUT2D eigenvalue weighted by Crippen LogP contribution is -2.40. The van der Waals surface area contributed by atoms with E-state index in [0.717, 1.165) is 26.9 Å². The van der Waals surface area contributed by atoms with Gasteiger partial charge in [-0.3, -0.25) is 9.36 Å². The molecule has 0 amide bonds. The average Bonchev–Trinajstić information content (AvgIpc) is 3.15. The second kappa shape index (κ2) is 9.02. The van der Waals surface area contributed by atoms with Gasteiger partial charge in [0.1, 0.15) is 6.04 Å². The summed E-state index contributed by atoms with van der Waals surface area (Å²) in [5, 5.41) is 8.97. The van der Waals surface area contributed by atoms with Crippen molar-refractivity contribution in [3.05, 3.63) is 132 Å². The largest absolute Gasteiger partial charge is 0.271 e. The van der Waals surface area contributed by atoms with Crippen molar-refractivity contribution in [1.29, 1.82) is 0 Å². The molecule has 4 nitrogen and oxygen atoms in total. The van der Waals surface area contributed by atoms with Crippen molar-refractivity contribution in [2.45, 2.75) is 6.04 Å². The first-order valence-corrected chi connectivity index (χ1v) is 11.7. The van der Waals surface area contributed by atoms with E-state index in [1.165, 1.54) is 11.3 Å². The number of rotatable bonds is 4. The van der Waals surface area contributed by atoms with Crippen LogP contribution in [0.15, 0.2) is 110 Å². The fourth-order valence-corrected chi connectivity index (χ4v) is 5.28. The van der Waals surface area contributed by atoms with Crippen LogP contribution in [0.5, 0.6) is 0 Å². The van der Waals surface area contributed by atoms with Crippen molar-refractivity contribution in [2.24, 2.45) is 10.2 Å². The lowest BCUT2D eigenvalue weighted by atomic mass is 9.96. The SMILES string of the molecule is O=c1/c(=C\C(Br)=C\c2ccccc2)sc2n1[C@@H](c1ccccc1)C(c1ccccc1)=NN=2. The van der Waals surface area contributed by atoms with Crippen LogP contribution in [0, 0.1) is 0 Å². The Morgan fingerprint density at radius 3 is 2.19 bits per heavy atom. The van der Waals surface area contributed by atoms with Gasteiger partial charge in [0.2, 0.25) is 4.80 Å². The zero-order valence-corrected chi connectivity index (χ0v) is 19.3. The Morgan fingerprint density at radius 1 is 0.875 bits per heavy atom. The minimum absolute atomic E-state index is 0.0793. The van der Waals surface area contributed by atoms with E-state index in [1.807, 2.05) is 103 Å². The van der Waals surface area contributed by atoms with Crippen LogP contribution >= 0.6 is 27.3 Å². The molecule has 0 aliphatic carbocycles. The van der Waals surface area contributed by atoms with Gasteiger partial charge in [0.15, 0.2) is 0 Å². The quantitative estimate of drug-likeness (QED) is 0.399. The summed E-state index contributed by atoms with van der Waals surface area (Å²) < 4.78 is 3.18. The Bertz CT molecular complexity index is 1490. The van der Waals surface area contributed by atoms with Crippen LogP contribution in [0.25, 0.3) is 12.2 Å². The molecule has 0 saturated heterocycles. The summed E-state index contributed by atoms with van der Waals surface area (Å²) in [5.74, 6) is 0. The van der Waals surface area contributed by atoms with Crippen molar-refractivity contribution in [2.75, 3.05) is 0 Å². The van der Waals surface area contributed by atoms with Crippen LogP contribution < -0.4 is 14.9 Å². The zero-order valence-electron chi connectivity index (χ0n) is 16.9. The number of thiazole rings is 1. The van der Waals surface area contributed by atoms with Crippen LogP contribution in [0.4, 0.5) is 0 Å². The number of nitrogens with zero attached hydrogens (tertiary/aromatic N) is 3. The molecular weight excluding hydrogens is 482 g/mol. The van der Waals surface area contributed by atoms with Crippen molar-refractivity contribution in [3.8, 4) is 0 Å². The monoisotopic (exact) mass is 499 g/mol. The van der Waals surface area contributed by atoms with Crippen molar-refractivity contribution >= 4 is 45.1 Å². The predicted octanol–water partition coefficient (Wildman–Crippen LogP) is 4.75. The van der Waals surface area contributed by atoms with Crippen molar-refractivity contribution in [1.82, 2.24) is 4.57 Å². The van der Waals surface area contributed by atoms with E-state index in [-0.39, 0.29) is 11.6 Å². The highest BCUT2D eigenvalue weighted by molar-refractivity contribution is 9.12. The van der Waals surface area contributed by atoms with Gasteiger partial charge in [-0.2, -0.15) is 0 Å². The molecule has 0 unspecified atom stereocenters. The summed E-state index contributed by atoms with van der Waals surface area (Å²) in [7, 11) is 0. The first-order chi connectivity index (χ1) is 15.7. The number of fused-ring (bicyclic) bond motifs is 1. The molecule has 2 heterocycles. The molecule has 0 saturated carbocycles. The van der Waals surface area contributed by atoms with E-state index >= 15 is 0 Å². The maximum atomic E-state index is 13.5. The van der Waals surface area contributed by atoms with Crippen LogP contribution in [0.3, 0.4) is 0 Å². The Morgan fingerprint density at radius 2 is 1.50 bits per heavy atom. The molecule has 5 rings (SSSR count). The Hall–Kier alpha value is -3.35. The van der Waals surface area contributed by atoms with Gasteiger partial charge in [0.05, 0.1) is 10.2 Å². The molecule has 6 heteroatoms. The molecule has 3 aromatic carbocycles. The van der Waals surface area contributed by atoms with Crippen LogP contribution in [0.2, 0.25) is 0 Å². The number of benzene rings is 3. The van der Waals surface area contributed by atoms with Gasteiger partial charge in [0, 0.05) is 10.0 Å². The summed E-state index contributed by atoms with van der Waals surface area (Å²) in [6.45, 7) is 0. The first-order valence-electron chi connectivity index (χ1n) is 10.1. The molecule has 0 fully saturated rings. The summed E-state index contributed by atoms with van der Waals surface area (Å²) in [6, 6.07) is 29.5. The van der Waals surface area contributed by atoms with Gasteiger partial charge in [-0.1, -0.05) is 118 Å². The molecule has 4 aromatic rings. The Labute approximate surface area is 197 Å². The van der Waals surface area contributed by atoms with Crippen molar-refractivity contribution in [3.63, 3.8) is 0 Å². The van der Waals surface area contributed by atoms with Gasteiger partial charge in [0.25, 0.3) is 5.56 Å². The molecule has 1 aromatic heterocycles. The predicted molar refractivity (Wildman–Crippen MR) is 135 cm³/mol.